The average Bonchev–Trinajstić information content (AvgIpc) is 2.86. The van der Waals surface area contributed by atoms with Crippen LogP contribution in [0.15, 0.2) is 48.5 Å². The molecular formula is C33H47F3O4Si. The number of rotatable bonds is 14. The molecule has 0 aliphatic carbocycles. The summed E-state index contributed by atoms with van der Waals surface area (Å²) in [6.45, 7) is 14.7. The zero-order valence-electron chi connectivity index (χ0n) is 25.7. The summed E-state index contributed by atoms with van der Waals surface area (Å²) < 4.78 is 50.1. The summed E-state index contributed by atoms with van der Waals surface area (Å²) in [5.41, 5.74) is 1.23. The van der Waals surface area contributed by atoms with E-state index in [-0.39, 0.29) is 17.9 Å². The van der Waals surface area contributed by atoms with Crippen molar-refractivity contribution < 1.29 is 32.2 Å². The number of carbonyl (C=O) groups is 2. The van der Waals surface area contributed by atoms with E-state index in [1.54, 1.807) is 0 Å². The van der Waals surface area contributed by atoms with E-state index in [1.807, 2.05) is 45.0 Å². The molecule has 0 aliphatic heterocycles. The molecule has 0 amide bonds. The highest BCUT2D eigenvalue weighted by Crippen LogP contribution is 2.31. The van der Waals surface area contributed by atoms with Gasteiger partial charge in [0, 0.05) is 8.07 Å². The number of carbonyl (C=O) groups excluding carboxylic acids is 2. The highest BCUT2D eigenvalue weighted by Gasteiger charge is 2.32. The lowest BCUT2D eigenvalue weighted by atomic mass is 9.86. The monoisotopic (exact) mass is 592 g/mol. The largest absolute Gasteiger partial charge is 0.466 e. The van der Waals surface area contributed by atoms with Crippen molar-refractivity contribution in [3.63, 3.8) is 0 Å². The molecule has 8 heteroatoms. The lowest BCUT2D eigenvalue weighted by Crippen LogP contribution is -2.32. The van der Waals surface area contributed by atoms with Crippen LogP contribution in [0, 0.1) is 11.8 Å². The van der Waals surface area contributed by atoms with Crippen molar-refractivity contribution in [1.29, 1.82) is 0 Å². The van der Waals surface area contributed by atoms with Crippen LogP contribution in [0.25, 0.3) is 11.1 Å². The number of esters is 2. The van der Waals surface area contributed by atoms with E-state index in [1.165, 1.54) is 12.1 Å². The first-order valence-corrected chi connectivity index (χ1v) is 18.4. The number of benzene rings is 2. The van der Waals surface area contributed by atoms with Gasteiger partial charge in [0.2, 0.25) is 0 Å². The predicted octanol–water partition coefficient (Wildman–Crippen LogP) is 9.34. The Bertz CT molecular complexity index is 1100. The van der Waals surface area contributed by atoms with Gasteiger partial charge >= 0.3 is 18.1 Å². The van der Waals surface area contributed by atoms with Gasteiger partial charge < -0.3 is 9.47 Å². The van der Waals surface area contributed by atoms with Crippen LogP contribution >= 0.6 is 0 Å². The molecule has 0 spiro atoms. The fraction of sp³-hybridized carbons (Fsp3) is 0.576. The topological polar surface area (TPSA) is 52.6 Å². The summed E-state index contributed by atoms with van der Waals surface area (Å²) in [4.78, 5) is 26.3. The molecular weight excluding hydrogens is 545 g/mol. The molecule has 2 aromatic rings. The molecule has 0 aliphatic rings. The minimum absolute atomic E-state index is 0.269. The van der Waals surface area contributed by atoms with Gasteiger partial charge in [-0.05, 0) is 81.3 Å². The average molecular weight is 593 g/mol. The fourth-order valence-electron chi connectivity index (χ4n) is 4.48. The number of hydrogen-bond acceptors (Lipinski definition) is 4. The van der Waals surface area contributed by atoms with Crippen LogP contribution in [0.3, 0.4) is 0 Å². The Morgan fingerprint density at radius 2 is 1.37 bits per heavy atom. The van der Waals surface area contributed by atoms with Crippen molar-refractivity contribution in [2.24, 2.45) is 11.8 Å². The second kappa shape index (κ2) is 15.0. The lowest BCUT2D eigenvalue weighted by molar-refractivity contribution is -0.162. The first kappa shape index (κ1) is 34.6. The number of aryl methyl sites for hydroxylation is 1. The van der Waals surface area contributed by atoms with Gasteiger partial charge in [-0.2, -0.15) is 13.2 Å². The Morgan fingerprint density at radius 3 is 1.85 bits per heavy atom. The van der Waals surface area contributed by atoms with Crippen molar-refractivity contribution in [3.05, 3.63) is 59.7 Å². The molecule has 228 valence electrons. The first-order valence-electron chi connectivity index (χ1n) is 14.6. The number of halogens is 3. The molecule has 0 fully saturated rings. The highest BCUT2D eigenvalue weighted by atomic mass is 28.3. The van der Waals surface area contributed by atoms with Crippen LogP contribution in [0.2, 0.25) is 25.7 Å². The molecule has 0 saturated heterocycles. The van der Waals surface area contributed by atoms with Crippen LogP contribution in [0.4, 0.5) is 13.2 Å². The normalized spacial score (nSPS) is 13.9. The Kier molecular flexibility index (Phi) is 12.7. The van der Waals surface area contributed by atoms with Crippen molar-refractivity contribution in [2.75, 3.05) is 6.61 Å². The molecule has 2 aromatic carbocycles. The van der Waals surface area contributed by atoms with Crippen LogP contribution < -0.4 is 0 Å². The molecule has 41 heavy (non-hydrogen) atoms. The van der Waals surface area contributed by atoms with Gasteiger partial charge in [0.15, 0.2) is 0 Å². The minimum Gasteiger partial charge on any atom is -0.466 e. The molecule has 0 saturated carbocycles. The van der Waals surface area contributed by atoms with Gasteiger partial charge in [-0.1, -0.05) is 75.8 Å². The summed E-state index contributed by atoms with van der Waals surface area (Å²) in [6, 6.07) is 13.6. The molecule has 0 bridgehead atoms. The van der Waals surface area contributed by atoms with Crippen LogP contribution in [0.5, 0.6) is 0 Å². The van der Waals surface area contributed by atoms with Gasteiger partial charge in [-0.3, -0.25) is 9.59 Å². The van der Waals surface area contributed by atoms with E-state index in [4.69, 9.17) is 9.47 Å². The van der Waals surface area contributed by atoms with Crippen LogP contribution in [0.1, 0.15) is 70.9 Å². The fourth-order valence-corrected chi connectivity index (χ4v) is 5.19. The van der Waals surface area contributed by atoms with Crippen molar-refractivity contribution >= 4 is 20.0 Å². The third-order valence-electron chi connectivity index (χ3n) is 6.93. The zero-order valence-corrected chi connectivity index (χ0v) is 26.7. The minimum atomic E-state index is -4.37. The first-order chi connectivity index (χ1) is 19.0. The maximum atomic E-state index is 13.3. The van der Waals surface area contributed by atoms with E-state index < -0.39 is 31.3 Å². The number of alkyl halides is 3. The highest BCUT2D eigenvalue weighted by molar-refractivity contribution is 6.76. The number of unbranched alkanes of at least 4 members (excludes halogenated alkanes) is 1. The quantitative estimate of drug-likeness (QED) is 0.162. The summed E-state index contributed by atoms with van der Waals surface area (Å²) in [5.74, 6) is -1.37. The van der Waals surface area contributed by atoms with Gasteiger partial charge in [0.05, 0.1) is 24.0 Å². The molecule has 0 radical (unpaired) electrons. The Morgan fingerprint density at radius 1 is 0.829 bits per heavy atom. The van der Waals surface area contributed by atoms with Crippen molar-refractivity contribution in [2.45, 2.75) is 104 Å². The lowest BCUT2D eigenvalue weighted by Gasteiger charge is -2.26. The summed E-state index contributed by atoms with van der Waals surface area (Å²) >= 11 is 0. The maximum absolute atomic E-state index is 13.3. The Balaban J connectivity index is 2.16. The van der Waals surface area contributed by atoms with E-state index in [0.29, 0.717) is 37.9 Å². The molecule has 0 N–H and O–H groups in total. The maximum Gasteiger partial charge on any atom is 0.416 e. The SMILES string of the molecule is CCCC[C@@H](C[C@@H](CCc1ccc(-c2ccc(C(F)(F)F)cc2)cc1)C(=O)OCC[Si](C)(C)C)C(=O)OC(C)(C)C. The molecule has 0 heterocycles. The zero-order chi connectivity index (χ0) is 30.8. The standard InChI is InChI=1S/C33H47F3O4Si/c1-8-9-10-27(31(38)40-32(2,3)4)23-28(30(37)39-21-22-41(5,6)7)16-13-24-11-14-25(15-12-24)26-17-19-29(20-18-26)33(34,35)36/h11-12,14-15,17-20,27-28H,8-10,13,16,21-23H2,1-7H3/t27-,28+/m0/s1. The van der Waals surface area contributed by atoms with E-state index in [9.17, 15) is 22.8 Å². The predicted molar refractivity (Wildman–Crippen MR) is 161 cm³/mol. The Labute approximate surface area is 245 Å². The smallest absolute Gasteiger partial charge is 0.416 e. The third kappa shape index (κ3) is 12.8. The van der Waals surface area contributed by atoms with Crippen LogP contribution in [-0.2, 0) is 31.7 Å². The van der Waals surface area contributed by atoms with Crippen molar-refractivity contribution in [3.8, 4) is 11.1 Å². The summed E-state index contributed by atoms with van der Waals surface area (Å²) in [5, 5.41) is 0. The Hall–Kier alpha value is -2.61. The van der Waals surface area contributed by atoms with E-state index in [0.717, 1.165) is 42.1 Å². The molecule has 2 atom stereocenters. The number of hydrogen-bond donors (Lipinski definition) is 0. The third-order valence-corrected chi connectivity index (χ3v) is 8.63. The van der Waals surface area contributed by atoms with E-state index >= 15 is 0 Å². The van der Waals surface area contributed by atoms with Crippen LogP contribution in [-0.4, -0.2) is 32.2 Å². The molecule has 0 unspecified atom stereocenters. The van der Waals surface area contributed by atoms with E-state index in [2.05, 4.69) is 26.6 Å². The summed E-state index contributed by atoms with van der Waals surface area (Å²) in [7, 11) is -1.38. The van der Waals surface area contributed by atoms with Crippen molar-refractivity contribution in [1.82, 2.24) is 0 Å². The number of ether oxygens (including phenoxy) is 2. The molecule has 2 rings (SSSR count). The second-order valence-corrected chi connectivity index (χ2v) is 18.7. The van der Waals surface area contributed by atoms with Gasteiger partial charge in [-0.15, -0.1) is 0 Å². The summed E-state index contributed by atoms with van der Waals surface area (Å²) in [6.07, 6.45) is -0.390. The van der Waals surface area contributed by atoms with Gasteiger partial charge in [-0.25, -0.2) is 0 Å². The van der Waals surface area contributed by atoms with Gasteiger partial charge in [0.25, 0.3) is 0 Å². The second-order valence-electron chi connectivity index (χ2n) is 13.1. The van der Waals surface area contributed by atoms with Gasteiger partial charge in [0.1, 0.15) is 5.60 Å². The molecule has 0 aromatic heterocycles. The molecule has 4 nitrogen and oxygen atoms in total.